The number of fused-ring (bicyclic) bond motifs is 1. The Balaban J connectivity index is 0.000000845. The number of pyridine rings is 1. The topological polar surface area (TPSA) is 52.0 Å². The number of nitrogens with zero attached hydrogens (tertiary/aromatic N) is 1. The maximum absolute atomic E-state index is 5.69. The minimum absolute atomic E-state index is 0. The van der Waals surface area contributed by atoms with Crippen molar-refractivity contribution in [2.24, 2.45) is 5.73 Å². The zero-order chi connectivity index (χ0) is 8.55. The van der Waals surface area contributed by atoms with E-state index in [1.165, 1.54) is 0 Å². The van der Waals surface area contributed by atoms with Gasteiger partial charge in [-0.3, -0.25) is 0 Å². The lowest BCUT2D eigenvalue weighted by atomic mass is 10.3. The van der Waals surface area contributed by atoms with Crippen molar-refractivity contribution in [3.05, 3.63) is 29.2 Å². The van der Waals surface area contributed by atoms with Gasteiger partial charge in [0.1, 0.15) is 10.9 Å². The second kappa shape index (κ2) is 5.41. The van der Waals surface area contributed by atoms with Crippen LogP contribution in [0.1, 0.15) is 5.76 Å². The highest BCUT2D eigenvalue weighted by Crippen LogP contribution is 2.20. The highest BCUT2D eigenvalue weighted by atomic mass is 35.5. The first-order valence-corrected chi connectivity index (χ1v) is 3.91. The molecule has 0 unspecified atom stereocenters. The molecule has 0 spiro atoms. The van der Waals surface area contributed by atoms with Gasteiger partial charge in [0.25, 0.3) is 0 Å². The lowest BCUT2D eigenvalue weighted by Crippen LogP contribution is -1.92. The first-order chi connectivity index (χ1) is 5.79. The van der Waals surface area contributed by atoms with E-state index in [0.717, 1.165) is 16.7 Å². The van der Waals surface area contributed by atoms with E-state index < -0.39 is 0 Å². The predicted molar refractivity (Wildman–Crippen MR) is 61.4 cm³/mol. The molecule has 0 aliphatic heterocycles. The molecule has 0 aliphatic rings. The van der Waals surface area contributed by atoms with E-state index in [4.69, 9.17) is 21.8 Å². The van der Waals surface area contributed by atoms with Gasteiger partial charge in [0.15, 0.2) is 5.58 Å². The van der Waals surface area contributed by atoms with Crippen LogP contribution in [0.4, 0.5) is 0 Å². The Labute approximate surface area is 98.4 Å². The molecule has 0 aliphatic carbocycles. The van der Waals surface area contributed by atoms with Gasteiger partial charge >= 0.3 is 0 Å². The fraction of sp³-hybridized carbons (Fsp3) is 0.125. The van der Waals surface area contributed by atoms with Gasteiger partial charge in [0, 0.05) is 5.39 Å². The number of rotatable bonds is 1. The molecule has 0 bridgehead atoms. The normalized spacial score (nSPS) is 9.29. The van der Waals surface area contributed by atoms with Crippen molar-refractivity contribution in [1.29, 1.82) is 0 Å². The van der Waals surface area contributed by atoms with Gasteiger partial charge in [-0.15, -0.1) is 24.8 Å². The molecule has 0 atom stereocenters. The lowest BCUT2D eigenvalue weighted by molar-refractivity contribution is 0.551. The third kappa shape index (κ3) is 2.51. The summed E-state index contributed by atoms with van der Waals surface area (Å²) in [5.41, 5.74) is 6.13. The van der Waals surface area contributed by atoms with Crippen LogP contribution < -0.4 is 5.73 Å². The molecule has 2 aromatic heterocycles. The quantitative estimate of drug-likeness (QED) is 0.797. The van der Waals surface area contributed by atoms with E-state index in [0.29, 0.717) is 11.7 Å². The molecule has 0 aromatic carbocycles. The van der Waals surface area contributed by atoms with Crippen LogP contribution >= 0.6 is 36.4 Å². The lowest BCUT2D eigenvalue weighted by Gasteiger charge is -1.87. The summed E-state index contributed by atoms with van der Waals surface area (Å²) in [6, 6.07) is 3.61. The summed E-state index contributed by atoms with van der Waals surface area (Å²) in [5.74, 6) is 0.745. The van der Waals surface area contributed by atoms with Crippen LogP contribution in [-0.2, 0) is 6.54 Å². The molecule has 6 heteroatoms. The molecule has 0 amide bonds. The van der Waals surface area contributed by atoms with E-state index in [2.05, 4.69) is 4.98 Å². The van der Waals surface area contributed by atoms with Crippen molar-refractivity contribution in [2.45, 2.75) is 6.54 Å². The summed E-state index contributed by atoms with van der Waals surface area (Å²) in [6.45, 7) is 0.395. The van der Waals surface area contributed by atoms with Crippen molar-refractivity contribution < 1.29 is 4.42 Å². The number of hydrogen-bond donors (Lipinski definition) is 1. The fourth-order valence-electron chi connectivity index (χ4n) is 1.07. The van der Waals surface area contributed by atoms with E-state index in [9.17, 15) is 0 Å². The first-order valence-electron chi connectivity index (χ1n) is 3.53. The van der Waals surface area contributed by atoms with Gasteiger partial charge in [-0.25, -0.2) is 4.98 Å². The Morgan fingerprint density at radius 3 is 2.71 bits per heavy atom. The summed E-state index contributed by atoms with van der Waals surface area (Å²) in [5, 5.41) is 1.40. The van der Waals surface area contributed by atoms with Crippen molar-refractivity contribution in [1.82, 2.24) is 4.98 Å². The Hall–Kier alpha value is -0.480. The monoisotopic (exact) mass is 254 g/mol. The zero-order valence-electron chi connectivity index (χ0n) is 7.07. The molecule has 0 saturated carbocycles. The maximum atomic E-state index is 5.69. The Bertz CT molecular complexity index is 416. The second-order valence-corrected chi connectivity index (χ2v) is 2.85. The number of furan rings is 1. The molecule has 0 fully saturated rings. The number of halogens is 3. The Kier molecular flexibility index (Phi) is 5.23. The standard InChI is InChI=1S/C8H7ClN2O.2ClH/c9-8-2-5-1-6(3-10)12-7(5)4-11-8;;/h1-2,4H,3,10H2;2*1H. The van der Waals surface area contributed by atoms with Gasteiger partial charge in [0.05, 0.1) is 12.7 Å². The van der Waals surface area contributed by atoms with E-state index in [1.807, 2.05) is 6.07 Å². The summed E-state index contributed by atoms with van der Waals surface area (Å²) in [4.78, 5) is 3.89. The van der Waals surface area contributed by atoms with Crippen molar-refractivity contribution in [3.63, 3.8) is 0 Å². The number of nitrogens with two attached hydrogens (primary N) is 1. The van der Waals surface area contributed by atoms with Gasteiger partial charge < -0.3 is 10.2 Å². The van der Waals surface area contributed by atoms with Crippen LogP contribution in [0.15, 0.2) is 22.7 Å². The first kappa shape index (κ1) is 13.5. The summed E-state index contributed by atoms with van der Waals surface area (Å²) < 4.78 is 5.33. The molecule has 78 valence electrons. The Morgan fingerprint density at radius 2 is 2.07 bits per heavy atom. The van der Waals surface area contributed by atoms with Crippen molar-refractivity contribution in [3.8, 4) is 0 Å². The smallest absolute Gasteiger partial charge is 0.152 e. The summed E-state index contributed by atoms with van der Waals surface area (Å²) >= 11 is 5.69. The minimum atomic E-state index is 0. The molecule has 14 heavy (non-hydrogen) atoms. The molecule has 2 heterocycles. The summed E-state index contributed by atoms with van der Waals surface area (Å²) in [7, 11) is 0. The Morgan fingerprint density at radius 1 is 1.36 bits per heavy atom. The number of aromatic nitrogens is 1. The van der Waals surface area contributed by atoms with Crippen LogP contribution in [0.3, 0.4) is 0 Å². The molecule has 2 rings (SSSR count). The van der Waals surface area contributed by atoms with Crippen LogP contribution in [0.2, 0.25) is 5.15 Å². The van der Waals surface area contributed by atoms with Crippen LogP contribution in [0.5, 0.6) is 0 Å². The highest BCUT2D eigenvalue weighted by Gasteiger charge is 2.02. The van der Waals surface area contributed by atoms with Crippen LogP contribution in [0, 0.1) is 0 Å². The van der Waals surface area contributed by atoms with Crippen molar-refractivity contribution >= 4 is 47.4 Å². The van der Waals surface area contributed by atoms with E-state index in [1.54, 1.807) is 12.3 Å². The van der Waals surface area contributed by atoms with Gasteiger partial charge in [-0.1, -0.05) is 11.6 Å². The van der Waals surface area contributed by atoms with E-state index >= 15 is 0 Å². The molecular weight excluding hydrogens is 246 g/mol. The predicted octanol–water partition coefficient (Wildman–Crippen LogP) is 2.78. The van der Waals surface area contributed by atoms with Gasteiger partial charge in [0.2, 0.25) is 0 Å². The van der Waals surface area contributed by atoms with Gasteiger partial charge in [-0.05, 0) is 12.1 Å². The third-order valence-electron chi connectivity index (χ3n) is 1.62. The SMILES string of the molecule is Cl.Cl.NCc1cc2cc(Cl)ncc2o1. The molecule has 0 radical (unpaired) electrons. The maximum Gasteiger partial charge on any atom is 0.152 e. The molecule has 2 aromatic rings. The summed E-state index contributed by atoms with van der Waals surface area (Å²) in [6.07, 6.45) is 1.59. The van der Waals surface area contributed by atoms with Crippen molar-refractivity contribution in [2.75, 3.05) is 0 Å². The largest absolute Gasteiger partial charge is 0.458 e. The average Bonchev–Trinajstić information content (AvgIpc) is 2.46. The molecule has 3 nitrogen and oxygen atoms in total. The molecule has 0 saturated heterocycles. The second-order valence-electron chi connectivity index (χ2n) is 2.46. The zero-order valence-corrected chi connectivity index (χ0v) is 9.46. The van der Waals surface area contributed by atoms with E-state index in [-0.39, 0.29) is 24.8 Å². The number of hydrogen-bond acceptors (Lipinski definition) is 3. The third-order valence-corrected chi connectivity index (χ3v) is 1.83. The highest BCUT2D eigenvalue weighted by molar-refractivity contribution is 6.30. The molecular formula is C8H9Cl3N2O. The minimum Gasteiger partial charge on any atom is -0.458 e. The van der Waals surface area contributed by atoms with Crippen LogP contribution in [-0.4, -0.2) is 4.98 Å². The van der Waals surface area contributed by atoms with Gasteiger partial charge in [-0.2, -0.15) is 0 Å². The van der Waals surface area contributed by atoms with Crippen LogP contribution in [0.25, 0.3) is 11.0 Å². The molecule has 2 N–H and O–H groups in total. The average molecular weight is 256 g/mol. The fourth-order valence-corrected chi connectivity index (χ4v) is 1.24.